The second-order valence-corrected chi connectivity index (χ2v) is 7.40. The van der Waals surface area contributed by atoms with Crippen LogP contribution in [0, 0.1) is 11.3 Å². The Morgan fingerprint density at radius 3 is 2.42 bits per heavy atom. The van der Waals surface area contributed by atoms with Crippen LogP contribution in [0.2, 0.25) is 0 Å². The molecule has 1 aliphatic heterocycles. The van der Waals surface area contributed by atoms with Gasteiger partial charge in [0.2, 0.25) is 0 Å². The molecule has 0 aromatic carbocycles. The van der Waals surface area contributed by atoms with Gasteiger partial charge in [-0.25, -0.2) is 0 Å². The van der Waals surface area contributed by atoms with Crippen molar-refractivity contribution in [2.45, 2.75) is 58.4 Å². The van der Waals surface area contributed by atoms with Crippen LogP contribution < -0.4 is 5.32 Å². The van der Waals surface area contributed by atoms with Crippen LogP contribution in [0.15, 0.2) is 0 Å². The highest BCUT2D eigenvalue weighted by atomic mass is 16.3. The van der Waals surface area contributed by atoms with E-state index in [1.54, 1.807) is 0 Å². The summed E-state index contributed by atoms with van der Waals surface area (Å²) in [6.45, 7) is 9.63. The normalized spacial score (nSPS) is 22.9. The van der Waals surface area contributed by atoms with Crippen LogP contribution in [0.3, 0.4) is 0 Å². The van der Waals surface area contributed by atoms with Crippen LogP contribution in [0.25, 0.3) is 0 Å². The largest absolute Gasteiger partial charge is 0.396 e. The summed E-state index contributed by atoms with van der Waals surface area (Å²) in [4.78, 5) is 2.66. The Kier molecular flexibility index (Phi) is 5.67. The van der Waals surface area contributed by atoms with Crippen LogP contribution in [0.1, 0.15) is 52.4 Å². The van der Waals surface area contributed by atoms with Crippen molar-refractivity contribution in [3.8, 4) is 0 Å². The lowest BCUT2D eigenvalue weighted by Crippen LogP contribution is -2.43. The van der Waals surface area contributed by atoms with E-state index in [-0.39, 0.29) is 5.41 Å². The lowest BCUT2D eigenvalue weighted by atomic mass is 9.89. The zero-order chi connectivity index (χ0) is 13.7. The van der Waals surface area contributed by atoms with Gasteiger partial charge in [0.1, 0.15) is 0 Å². The average Bonchev–Trinajstić information content (AvgIpc) is 3.21. The van der Waals surface area contributed by atoms with Gasteiger partial charge in [-0.05, 0) is 69.5 Å². The summed E-state index contributed by atoms with van der Waals surface area (Å²) in [6.07, 6.45) is 7.86. The van der Waals surface area contributed by atoms with E-state index in [0.29, 0.717) is 6.61 Å². The van der Waals surface area contributed by atoms with Crippen LogP contribution in [-0.2, 0) is 0 Å². The molecular formula is C16H32N2O. The van der Waals surface area contributed by atoms with Gasteiger partial charge in [-0.1, -0.05) is 13.8 Å². The number of piperidine rings is 1. The molecule has 0 atom stereocenters. The molecule has 0 spiro atoms. The first kappa shape index (κ1) is 15.3. The highest BCUT2D eigenvalue weighted by Crippen LogP contribution is 2.30. The SMILES string of the molecule is CC(C)(CO)CCCNC1CCN(CC2CC2)CC1. The van der Waals surface area contributed by atoms with Gasteiger partial charge in [0.25, 0.3) is 0 Å². The Balaban J connectivity index is 1.50. The minimum Gasteiger partial charge on any atom is -0.396 e. The quantitative estimate of drug-likeness (QED) is 0.663. The molecular weight excluding hydrogens is 236 g/mol. The number of rotatable bonds is 8. The summed E-state index contributed by atoms with van der Waals surface area (Å²) in [5.41, 5.74) is 0.0926. The molecule has 2 fully saturated rings. The molecule has 3 heteroatoms. The molecule has 3 nitrogen and oxygen atoms in total. The van der Waals surface area contributed by atoms with Crippen molar-refractivity contribution in [2.24, 2.45) is 11.3 Å². The summed E-state index contributed by atoms with van der Waals surface area (Å²) in [5, 5.41) is 12.9. The van der Waals surface area contributed by atoms with Crippen LogP contribution >= 0.6 is 0 Å². The van der Waals surface area contributed by atoms with Gasteiger partial charge in [-0.15, -0.1) is 0 Å². The molecule has 0 aromatic heterocycles. The van der Waals surface area contributed by atoms with Crippen molar-refractivity contribution in [1.82, 2.24) is 10.2 Å². The number of hydrogen-bond donors (Lipinski definition) is 2. The molecule has 0 unspecified atom stereocenters. The standard InChI is InChI=1S/C16H32N2O/c1-16(2,13-19)8-3-9-17-15-6-10-18(11-7-15)12-14-4-5-14/h14-15,17,19H,3-13H2,1-2H3. The molecule has 0 radical (unpaired) electrons. The van der Waals surface area contributed by atoms with Gasteiger partial charge in [0, 0.05) is 19.2 Å². The fraction of sp³-hybridized carbons (Fsp3) is 1.00. The summed E-state index contributed by atoms with van der Waals surface area (Å²) < 4.78 is 0. The van der Waals surface area contributed by atoms with E-state index in [1.807, 2.05) is 0 Å². The van der Waals surface area contributed by atoms with Crippen molar-refractivity contribution in [3.05, 3.63) is 0 Å². The molecule has 1 saturated heterocycles. The molecule has 2 aliphatic rings. The second kappa shape index (κ2) is 7.05. The van der Waals surface area contributed by atoms with Gasteiger partial charge in [-0.2, -0.15) is 0 Å². The van der Waals surface area contributed by atoms with E-state index in [2.05, 4.69) is 24.1 Å². The number of aliphatic hydroxyl groups is 1. The molecule has 0 aromatic rings. The maximum Gasteiger partial charge on any atom is 0.0482 e. The molecule has 2 N–H and O–H groups in total. The molecule has 2 rings (SSSR count). The van der Waals surface area contributed by atoms with Crippen molar-refractivity contribution >= 4 is 0 Å². The fourth-order valence-corrected chi connectivity index (χ4v) is 2.94. The van der Waals surface area contributed by atoms with Crippen LogP contribution in [-0.4, -0.2) is 48.8 Å². The molecule has 1 heterocycles. The number of nitrogens with one attached hydrogen (secondary N) is 1. The summed E-state index contributed by atoms with van der Waals surface area (Å²) in [5.74, 6) is 1.03. The highest BCUT2D eigenvalue weighted by Gasteiger charge is 2.26. The topological polar surface area (TPSA) is 35.5 Å². The Labute approximate surface area is 118 Å². The van der Waals surface area contributed by atoms with E-state index >= 15 is 0 Å². The maximum absolute atomic E-state index is 9.22. The predicted molar refractivity (Wildman–Crippen MR) is 80.3 cm³/mol. The molecule has 0 bridgehead atoms. The smallest absolute Gasteiger partial charge is 0.0482 e. The second-order valence-electron chi connectivity index (χ2n) is 7.40. The first-order chi connectivity index (χ1) is 9.09. The Morgan fingerprint density at radius 2 is 1.84 bits per heavy atom. The number of hydrogen-bond acceptors (Lipinski definition) is 3. The average molecular weight is 268 g/mol. The zero-order valence-corrected chi connectivity index (χ0v) is 12.8. The monoisotopic (exact) mass is 268 g/mol. The van der Waals surface area contributed by atoms with E-state index in [0.717, 1.165) is 24.9 Å². The highest BCUT2D eigenvalue weighted by molar-refractivity contribution is 4.82. The van der Waals surface area contributed by atoms with Crippen LogP contribution in [0.4, 0.5) is 0 Å². The van der Waals surface area contributed by atoms with Gasteiger partial charge in [0.05, 0.1) is 0 Å². The third kappa shape index (κ3) is 5.80. The Morgan fingerprint density at radius 1 is 1.16 bits per heavy atom. The first-order valence-electron chi connectivity index (χ1n) is 8.16. The first-order valence-corrected chi connectivity index (χ1v) is 8.16. The molecule has 0 amide bonds. The van der Waals surface area contributed by atoms with E-state index in [9.17, 15) is 5.11 Å². The predicted octanol–water partition coefficient (Wildman–Crippen LogP) is 2.25. The molecule has 112 valence electrons. The van der Waals surface area contributed by atoms with Crippen molar-refractivity contribution < 1.29 is 5.11 Å². The molecule has 1 aliphatic carbocycles. The van der Waals surface area contributed by atoms with Gasteiger partial charge in [-0.3, -0.25) is 0 Å². The van der Waals surface area contributed by atoms with Crippen molar-refractivity contribution in [1.29, 1.82) is 0 Å². The lowest BCUT2D eigenvalue weighted by molar-refractivity contribution is 0.146. The summed E-state index contributed by atoms with van der Waals surface area (Å²) in [7, 11) is 0. The third-order valence-corrected chi connectivity index (χ3v) is 4.69. The summed E-state index contributed by atoms with van der Waals surface area (Å²) >= 11 is 0. The lowest BCUT2D eigenvalue weighted by Gasteiger charge is -2.32. The van der Waals surface area contributed by atoms with Crippen molar-refractivity contribution in [2.75, 3.05) is 32.8 Å². The minimum atomic E-state index is 0.0926. The van der Waals surface area contributed by atoms with E-state index < -0.39 is 0 Å². The number of likely N-dealkylation sites (tertiary alicyclic amines) is 1. The minimum absolute atomic E-state index is 0.0926. The Hall–Kier alpha value is -0.120. The van der Waals surface area contributed by atoms with E-state index in [4.69, 9.17) is 0 Å². The Bertz CT molecular complexity index is 255. The number of aliphatic hydroxyl groups excluding tert-OH is 1. The number of nitrogens with zero attached hydrogens (tertiary/aromatic N) is 1. The van der Waals surface area contributed by atoms with Gasteiger partial charge < -0.3 is 15.3 Å². The van der Waals surface area contributed by atoms with E-state index in [1.165, 1.54) is 51.7 Å². The van der Waals surface area contributed by atoms with Crippen LogP contribution in [0.5, 0.6) is 0 Å². The fourth-order valence-electron chi connectivity index (χ4n) is 2.94. The summed E-state index contributed by atoms with van der Waals surface area (Å²) in [6, 6.07) is 0.729. The molecule has 19 heavy (non-hydrogen) atoms. The van der Waals surface area contributed by atoms with Gasteiger partial charge >= 0.3 is 0 Å². The third-order valence-electron chi connectivity index (χ3n) is 4.69. The zero-order valence-electron chi connectivity index (χ0n) is 12.8. The van der Waals surface area contributed by atoms with Crippen molar-refractivity contribution in [3.63, 3.8) is 0 Å². The molecule has 1 saturated carbocycles. The van der Waals surface area contributed by atoms with Gasteiger partial charge in [0.15, 0.2) is 0 Å². The maximum atomic E-state index is 9.22.